The highest BCUT2D eigenvalue weighted by atomic mass is 16.5. The number of aromatic hydroxyl groups is 1. The summed E-state index contributed by atoms with van der Waals surface area (Å²) in [7, 11) is 1.59. The molecule has 1 aromatic heterocycles. The van der Waals surface area contributed by atoms with E-state index in [1.165, 1.54) is 0 Å². The number of piperidine rings is 1. The van der Waals surface area contributed by atoms with Gasteiger partial charge in [0.15, 0.2) is 0 Å². The maximum absolute atomic E-state index is 13.1. The predicted molar refractivity (Wildman–Crippen MR) is 122 cm³/mol. The van der Waals surface area contributed by atoms with Crippen molar-refractivity contribution in [2.75, 3.05) is 19.0 Å². The molecule has 2 aromatic carbocycles. The van der Waals surface area contributed by atoms with E-state index in [-0.39, 0.29) is 17.7 Å². The van der Waals surface area contributed by atoms with E-state index >= 15 is 0 Å². The number of hydrogen-bond acceptors (Lipinski definition) is 6. The first-order valence-electron chi connectivity index (χ1n) is 10.7. The lowest BCUT2D eigenvalue weighted by Gasteiger charge is -2.34. The Labute approximate surface area is 187 Å². The molecule has 4 rings (SSSR count). The van der Waals surface area contributed by atoms with Crippen LogP contribution in [-0.4, -0.2) is 40.6 Å². The quantitative estimate of drug-likeness (QED) is 0.567. The van der Waals surface area contributed by atoms with Crippen molar-refractivity contribution in [1.82, 2.24) is 9.88 Å². The number of carbonyl (C=O) groups is 1. The lowest BCUT2D eigenvalue weighted by Crippen LogP contribution is -2.46. The highest BCUT2D eigenvalue weighted by molar-refractivity contribution is 5.94. The lowest BCUT2D eigenvalue weighted by molar-refractivity contribution is -0.122. The molecule has 7 nitrogen and oxygen atoms in total. The van der Waals surface area contributed by atoms with Crippen LogP contribution >= 0.6 is 0 Å². The number of methoxy groups -OCH3 is 1. The molecule has 1 fully saturated rings. The van der Waals surface area contributed by atoms with Crippen molar-refractivity contribution in [3.05, 3.63) is 72.4 Å². The molecular formula is C25H27N3O4. The molecule has 1 atom stereocenters. The molecule has 166 valence electrons. The van der Waals surface area contributed by atoms with Gasteiger partial charge in [-0.25, -0.2) is 4.98 Å². The van der Waals surface area contributed by atoms with E-state index in [1.807, 2.05) is 36.4 Å². The zero-order valence-corrected chi connectivity index (χ0v) is 18.0. The van der Waals surface area contributed by atoms with Gasteiger partial charge in [-0.15, -0.1) is 0 Å². The number of benzene rings is 2. The second-order valence-electron chi connectivity index (χ2n) is 7.77. The highest BCUT2D eigenvalue weighted by Crippen LogP contribution is 2.28. The molecule has 0 bridgehead atoms. The number of hydrogen-bond donors (Lipinski definition) is 2. The molecule has 0 unspecified atom stereocenters. The smallest absolute Gasteiger partial charge is 0.241 e. The van der Waals surface area contributed by atoms with Crippen molar-refractivity contribution in [3.8, 4) is 23.1 Å². The van der Waals surface area contributed by atoms with E-state index < -0.39 is 0 Å². The summed E-state index contributed by atoms with van der Waals surface area (Å²) in [6.45, 7) is 1.26. The van der Waals surface area contributed by atoms with E-state index in [0.29, 0.717) is 29.6 Å². The van der Waals surface area contributed by atoms with Crippen LogP contribution in [0, 0.1) is 0 Å². The van der Waals surface area contributed by atoms with Crippen molar-refractivity contribution in [1.29, 1.82) is 0 Å². The number of amides is 1. The molecule has 2 heterocycles. The summed E-state index contributed by atoms with van der Waals surface area (Å²) in [6, 6.07) is 17.8. The number of likely N-dealkylation sites (tertiary alicyclic amines) is 1. The van der Waals surface area contributed by atoms with Crippen LogP contribution in [0.5, 0.6) is 23.1 Å². The Balaban J connectivity index is 1.41. The van der Waals surface area contributed by atoms with Gasteiger partial charge >= 0.3 is 0 Å². The van der Waals surface area contributed by atoms with Gasteiger partial charge in [0.05, 0.1) is 25.0 Å². The van der Waals surface area contributed by atoms with E-state index in [4.69, 9.17) is 9.47 Å². The van der Waals surface area contributed by atoms with Gasteiger partial charge in [0.2, 0.25) is 11.8 Å². The van der Waals surface area contributed by atoms with Crippen LogP contribution in [0.3, 0.4) is 0 Å². The minimum atomic E-state index is -0.283. The number of phenols is 1. The van der Waals surface area contributed by atoms with E-state index in [0.717, 1.165) is 31.4 Å². The van der Waals surface area contributed by atoms with Crippen LogP contribution in [0.4, 0.5) is 5.69 Å². The summed E-state index contributed by atoms with van der Waals surface area (Å²) in [5, 5.41) is 13.2. The van der Waals surface area contributed by atoms with Crippen LogP contribution in [0.25, 0.3) is 0 Å². The van der Waals surface area contributed by atoms with Crippen molar-refractivity contribution in [2.24, 2.45) is 0 Å². The topological polar surface area (TPSA) is 83.9 Å². The molecule has 1 amide bonds. The number of rotatable bonds is 7. The minimum absolute atomic E-state index is 0.0781. The average molecular weight is 434 g/mol. The van der Waals surface area contributed by atoms with E-state index in [9.17, 15) is 9.90 Å². The number of ether oxygens (including phenoxy) is 2. The van der Waals surface area contributed by atoms with Gasteiger partial charge in [-0.2, -0.15) is 0 Å². The Kier molecular flexibility index (Phi) is 6.87. The van der Waals surface area contributed by atoms with Gasteiger partial charge in [-0.05, 0) is 55.8 Å². The number of nitrogens with zero attached hydrogens (tertiary/aromatic N) is 2. The fraction of sp³-hybridized carbons (Fsp3) is 0.280. The van der Waals surface area contributed by atoms with E-state index in [1.54, 1.807) is 37.6 Å². The molecule has 1 aliphatic rings. The first-order chi connectivity index (χ1) is 15.6. The van der Waals surface area contributed by atoms with Gasteiger partial charge < -0.3 is 19.9 Å². The molecule has 0 spiro atoms. The molecule has 0 radical (unpaired) electrons. The Morgan fingerprint density at radius 1 is 1.12 bits per heavy atom. The van der Waals surface area contributed by atoms with Crippen LogP contribution in [-0.2, 0) is 11.3 Å². The molecule has 3 aromatic rings. The van der Waals surface area contributed by atoms with Crippen LogP contribution < -0.4 is 14.8 Å². The summed E-state index contributed by atoms with van der Waals surface area (Å²) in [6.07, 6.45) is 4.36. The Morgan fingerprint density at radius 3 is 2.72 bits per heavy atom. The van der Waals surface area contributed by atoms with Gasteiger partial charge in [0, 0.05) is 18.2 Å². The van der Waals surface area contributed by atoms with E-state index in [2.05, 4.69) is 15.2 Å². The number of anilines is 1. The summed E-state index contributed by atoms with van der Waals surface area (Å²) in [5.74, 6) is 1.97. The zero-order valence-electron chi connectivity index (χ0n) is 18.0. The molecule has 1 aliphatic heterocycles. The summed E-state index contributed by atoms with van der Waals surface area (Å²) >= 11 is 0. The second kappa shape index (κ2) is 10.2. The van der Waals surface area contributed by atoms with Crippen molar-refractivity contribution in [2.45, 2.75) is 31.8 Å². The van der Waals surface area contributed by atoms with Crippen LogP contribution in [0.1, 0.15) is 24.8 Å². The third-order valence-electron chi connectivity index (χ3n) is 5.55. The van der Waals surface area contributed by atoms with Gasteiger partial charge in [0.25, 0.3) is 0 Å². The van der Waals surface area contributed by atoms with Crippen molar-refractivity contribution in [3.63, 3.8) is 0 Å². The molecule has 32 heavy (non-hydrogen) atoms. The van der Waals surface area contributed by atoms with Crippen molar-refractivity contribution >= 4 is 11.6 Å². The van der Waals surface area contributed by atoms with Gasteiger partial charge in [-0.1, -0.05) is 24.6 Å². The van der Waals surface area contributed by atoms with Crippen LogP contribution in [0.15, 0.2) is 66.9 Å². The number of phenolic OH excluding ortho intramolecular Hbond substituents is 1. The summed E-state index contributed by atoms with van der Waals surface area (Å²) in [4.78, 5) is 19.5. The second-order valence-corrected chi connectivity index (χ2v) is 7.77. The number of para-hydroxylation sites is 1. The largest absolute Gasteiger partial charge is 0.508 e. The van der Waals surface area contributed by atoms with Crippen molar-refractivity contribution < 1.29 is 19.4 Å². The minimum Gasteiger partial charge on any atom is -0.508 e. The number of aromatic nitrogens is 1. The molecule has 2 N–H and O–H groups in total. The highest BCUT2D eigenvalue weighted by Gasteiger charge is 2.29. The van der Waals surface area contributed by atoms with Gasteiger partial charge in [-0.3, -0.25) is 9.69 Å². The first-order valence-corrected chi connectivity index (χ1v) is 10.7. The predicted octanol–water partition coefficient (Wildman–Crippen LogP) is 4.58. The maximum Gasteiger partial charge on any atom is 0.241 e. The third kappa shape index (κ3) is 5.36. The SMILES string of the molecule is COc1ccc(O)c(CN2CCCC[C@@H]2C(=O)Nc2ccc(Oc3ccccc3)nc2)c1. The fourth-order valence-corrected chi connectivity index (χ4v) is 3.86. The molecule has 0 aliphatic carbocycles. The lowest BCUT2D eigenvalue weighted by atomic mass is 10.00. The first kappa shape index (κ1) is 21.6. The monoisotopic (exact) mass is 433 g/mol. The zero-order chi connectivity index (χ0) is 22.3. The fourth-order valence-electron chi connectivity index (χ4n) is 3.86. The molecule has 0 saturated carbocycles. The molecule has 7 heteroatoms. The Bertz CT molecular complexity index is 1040. The standard InChI is InChI=1S/C25H27N3O4/c1-31-21-11-12-23(29)18(15-21)17-28-14-6-5-9-22(28)25(30)27-19-10-13-24(26-16-19)32-20-7-3-2-4-8-20/h2-4,7-8,10-13,15-16,22,29H,5-6,9,14,17H2,1H3,(H,27,30)/t22-/m1/s1. The summed E-state index contributed by atoms with van der Waals surface area (Å²) in [5.41, 5.74) is 1.36. The van der Waals surface area contributed by atoms with Gasteiger partial charge in [0.1, 0.15) is 17.2 Å². The molecule has 1 saturated heterocycles. The number of carbonyl (C=O) groups excluding carboxylic acids is 1. The Morgan fingerprint density at radius 2 is 1.97 bits per heavy atom. The van der Waals surface area contributed by atoms with Crippen LogP contribution in [0.2, 0.25) is 0 Å². The Hall–Kier alpha value is -3.58. The average Bonchev–Trinajstić information content (AvgIpc) is 2.83. The maximum atomic E-state index is 13.1. The third-order valence-corrected chi connectivity index (χ3v) is 5.55. The summed E-state index contributed by atoms with van der Waals surface area (Å²) < 4.78 is 11.0. The number of nitrogens with one attached hydrogen (secondary N) is 1. The number of pyridine rings is 1. The normalized spacial score (nSPS) is 16.3. The molecular weight excluding hydrogens is 406 g/mol.